The average molecular weight is 434 g/mol. The monoisotopic (exact) mass is 433 g/mol. The van der Waals surface area contributed by atoms with Crippen molar-refractivity contribution in [2.24, 2.45) is 4.99 Å². The number of aromatic nitrogens is 1. The first-order valence-electron chi connectivity index (χ1n) is 11.6. The summed E-state index contributed by atoms with van der Waals surface area (Å²) < 4.78 is 5.84. The number of aliphatic imine (C=N–C) groups is 1. The number of H-pyrrole nitrogens is 1. The lowest BCUT2D eigenvalue weighted by atomic mass is 10.1. The first kappa shape index (κ1) is 22.4. The Morgan fingerprint density at radius 3 is 2.50 bits per heavy atom. The fraction of sp³-hybridized carbons (Fsp3) is 0.423. The molecule has 0 amide bonds. The molecule has 32 heavy (non-hydrogen) atoms. The van der Waals surface area contributed by atoms with E-state index < -0.39 is 0 Å². The van der Waals surface area contributed by atoms with Gasteiger partial charge in [-0.3, -0.25) is 9.89 Å². The lowest BCUT2D eigenvalue weighted by Gasteiger charge is -2.35. The van der Waals surface area contributed by atoms with Gasteiger partial charge in [0.05, 0.1) is 12.2 Å². The lowest BCUT2D eigenvalue weighted by molar-refractivity contribution is -0.0704. The van der Waals surface area contributed by atoms with Gasteiger partial charge in [-0.25, -0.2) is 0 Å². The first-order chi connectivity index (χ1) is 15.6. The lowest BCUT2D eigenvalue weighted by Crippen LogP contribution is -2.44. The molecule has 1 saturated heterocycles. The second-order valence-electron chi connectivity index (χ2n) is 8.73. The number of benzene rings is 2. The molecule has 3 N–H and O–H groups in total. The van der Waals surface area contributed by atoms with E-state index in [1.54, 1.807) is 0 Å². The fourth-order valence-corrected chi connectivity index (χ4v) is 4.49. The van der Waals surface area contributed by atoms with E-state index >= 15 is 0 Å². The normalized spacial score (nSPS) is 19.9. The molecule has 0 saturated carbocycles. The predicted molar refractivity (Wildman–Crippen MR) is 132 cm³/mol. The van der Waals surface area contributed by atoms with Crippen molar-refractivity contribution >= 4 is 16.9 Å². The van der Waals surface area contributed by atoms with Crippen LogP contribution in [-0.4, -0.2) is 54.7 Å². The van der Waals surface area contributed by atoms with E-state index in [0.29, 0.717) is 12.2 Å². The van der Waals surface area contributed by atoms with Crippen molar-refractivity contribution in [3.8, 4) is 0 Å². The van der Waals surface area contributed by atoms with E-state index in [-0.39, 0.29) is 0 Å². The third-order valence-electron chi connectivity index (χ3n) is 5.97. The summed E-state index contributed by atoms with van der Waals surface area (Å²) in [4.78, 5) is 10.2. The second-order valence-corrected chi connectivity index (χ2v) is 8.73. The number of fused-ring (bicyclic) bond motifs is 1. The smallest absolute Gasteiger partial charge is 0.191 e. The van der Waals surface area contributed by atoms with Crippen LogP contribution in [0.3, 0.4) is 0 Å². The van der Waals surface area contributed by atoms with Crippen molar-refractivity contribution in [1.29, 1.82) is 0 Å². The number of para-hydroxylation sites is 1. The summed E-state index contributed by atoms with van der Waals surface area (Å²) in [5, 5.41) is 8.13. The molecule has 2 aromatic carbocycles. The number of hydrogen-bond donors (Lipinski definition) is 3. The molecule has 2 unspecified atom stereocenters. The highest BCUT2D eigenvalue weighted by Crippen LogP contribution is 2.18. The Balaban J connectivity index is 1.22. The Labute approximate surface area is 191 Å². The van der Waals surface area contributed by atoms with Gasteiger partial charge in [-0.15, -0.1) is 0 Å². The molecule has 170 valence electrons. The van der Waals surface area contributed by atoms with Crippen molar-refractivity contribution in [2.45, 2.75) is 45.6 Å². The van der Waals surface area contributed by atoms with E-state index in [1.165, 1.54) is 27.6 Å². The molecule has 1 fully saturated rings. The van der Waals surface area contributed by atoms with Gasteiger partial charge in [0.1, 0.15) is 0 Å². The molecule has 1 aliphatic heterocycles. The van der Waals surface area contributed by atoms with E-state index in [0.717, 1.165) is 45.1 Å². The maximum Gasteiger partial charge on any atom is 0.191 e. The molecule has 3 aromatic rings. The SMILES string of the molecule is CN=C(NCCc1c[nH]c2ccccc12)NCc1ccc(CN2CC(C)OC(C)C2)cc1. The average Bonchev–Trinajstić information content (AvgIpc) is 3.19. The van der Waals surface area contributed by atoms with E-state index in [4.69, 9.17) is 4.74 Å². The maximum absolute atomic E-state index is 5.84. The molecule has 2 heterocycles. The molecule has 6 nitrogen and oxygen atoms in total. The summed E-state index contributed by atoms with van der Waals surface area (Å²) in [5.41, 5.74) is 5.10. The van der Waals surface area contributed by atoms with Gasteiger partial charge < -0.3 is 20.4 Å². The minimum absolute atomic E-state index is 0.303. The van der Waals surface area contributed by atoms with Gasteiger partial charge >= 0.3 is 0 Å². The van der Waals surface area contributed by atoms with Gasteiger partial charge in [-0.1, -0.05) is 42.5 Å². The van der Waals surface area contributed by atoms with Crippen LogP contribution < -0.4 is 10.6 Å². The molecule has 2 atom stereocenters. The van der Waals surface area contributed by atoms with Crippen LogP contribution in [0.2, 0.25) is 0 Å². The number of ether oxygens (including phenoxy) is 1. The van der Waals surface area contributed by atoms with Gasteiger partial charge in [-0.05, 0) is 43.0 Å². The zero-order chi connectivity index (χ0) is 22.3. The van der Waals surface area contributed by atoms with E-state index in [9.17, 15) is 0 Å². The Morgan fingerprint density at radius 2 is 1.75 bits per heavy atom. The van der Waals surface area contributed by atoms with Crippen LogP contribution in [0.5, 0.6) is 0 Å². The molecule has 1 aliphatic rings. The zero-order valence-electron chi connectivity index (χ0n) is 19.4. The third kappa shape index (κ3) is 5.90. The number of nitrogens with zero attached hydrogens (tertiary/aromatic N) is 2. The zero-order valence-corrected chi connectivity index (χ0v) is 19.4. The molecule has 0 aliphatic carbocycles. The van der Waals surface area contributed by atoms with Gasteiger partial charge in [0.2, 0.25) is 0 Å². The number of aromatic amines is 1. The highest BCUT2D eigenvalue weighted by molar-refractivity contribution is 5.83. The van der Waals surface area contributed by atoms with Crippen molar-refractivity contribution in [3.63, 3.8) is 0 Å². The van der Waals surface area contributed by atoms with Gasteiger partial charge in [0.25, 0.3) is 0 Å². The minimum atomic E-state index is 0.303. The second kappa shape index (κ2) is 10.7. The summed E-state index contributed by atoms with van der Waals surface area (Å²) >= 11 is 0. The van der Waals surface area contributed by atoms with Crippen LogP contribution in [0.25, 0.3) is 10.9 Å². The predicted octanol–water partition coefficient (Wildman–Crippen LogP) is 3.68. The Bertz CT molecular complexity index is 1020. The highest BCUT2D eigenvalue weighted by atomic mass is 16.5. The maximum atomic E-state index is 5.84. The molecule has 0 radical (unpaired) electrons. The first-order valence-corrected chi connectivity index (χ1v) is 11.6. The molecular weight excluding hydrogens is 398 g/mol. The van der Waals surface area contributed by atoms with Crippen LogP contribution >= 0.6 is 0 Å². The Hall–Kier alpha value is -2.83. The van der Waals surface area contributed by atoms with Crippen molar-refractivity contribution in [3.05, 3.63) is 71.4 Å². The molecule has 0 bridgehead atoms. The number of morpholine rings is 1. The van der Waals surface area contributed by atoms with Crippen LogP contribution in [0.4, 0.5) is 0 Å². The Kier molecular flexibility index (Phi) is 7.45. The van der Waals surface area contributed by atoms with Gasteiger partial charge in [0.15, 0.2) is 5.96 Å². The minimum Gasteiger partial charge on any atom is -0.373 e. The third-order valence-corrected chi connectivity index (χ3v) is 5.97. The summed E-state index contributed by atoms with van der Waals surface area (Å²) in [6.07, 6.45) is 3.65. The largest absolute Gasteiger partial charge is 0.373 e. The van der Waals surface area contributed by atoms with Crippen molar-refractivity contribution in [1.82, 2.24) is 20.5 Å². The quantitative estimate of drug-likeness (QED) is 0.393. The summed E-state index contributed by atoms with van der Waals surface area (Å²) in [6, 6.07) is 17.3. The number of hydrogen-bond acceptors (Lipinski definition) is 3. The van der Waals surface area contributed by atoms with Crippen molar-refractivity contribution in [2.75, 3.05) is 26.7 Å². The molecule has 0 spiro atoms. The topological polar surface area (TPSA) is 64.7 Å². The van der Waals surface area contributed by atoms with Crippen LogP contribution in [0, 0.1) is 0 Å². The Morgan fingerprint density at radius 1 is 1.03 bits per heavy atom. The van der Waals surface area contributed by atoms with Crippen molar-refractivity contribution < 1.29 is 4.74 Å². The fourth-order valence-electron chi connectivity index (χ4n) is 4.49. The standard InChI is InChI=1S/C26H35N5O/c1-19-16-31(17-20(2)32-19)18-22-10-8-21(9-11-22)14-30-26(27-3)28-13-12-23-15-29-25-7-5-4-6-24(23)25/h4-11,15,19-20,29H,12-14,16-18H2,1-3H3,(H2,27,28,30). The number of rotatable bonds is 7. The van der Waals surface area contributed by atoms with Crippen LogP contribution in [0.1, 0.15) is 30.5 Å². The van der Waals surface area contributed by atoms with Gasteiger partial charge in [0, 0.05) is 56.9 Å². The molecule has 6 heteroatoms. The molecular formula is C26H35N5O. The number of nitrogens with one attached hydrogen (secondary N) is 3. The van der Waals surface area contributed by atoms with Gasteiger partial charge in [-0.2, -0.15) is 0 Å². The van der Waals surface area contributed by atoms with Crippen LogP contribution in [0.15, 0.2) is 59.7 Å². The summed E-state index contributed by atoms with van der Waals surface area (Å²) in [7, 11) is 1.81. The van der Waals surface area contributed by atoms with E-state index in [2.05, 4.69) is 94.1 Å². The summed E-state index contributed by atoms with van der Waals surface area (Å²) in [6.45, 7) is 8.85. The molecule has 4 rings (SSSR count). The summed E-state index contributed by atoms with van der Waals surface area (Å²) in [5.74, 6) is 0.824. The highest BCUT2D eigenvalue weighted by Gasteiger charge is 2.21. The number of guanidine groups is 1. The molecule has 1 aromatic heterocycles. The van der Waals surface area contributed by atoms with E-state index in [1.807, 2.05) is 7.05 Å². The van der Waals surface area contributed by atoms with Crippen LogP contribution in [-0.2, 0) is 24.2 Å².